The molecule has 0 bridgehead atoms. The van der Waals surface area contributed by atoms with Crippen LogP contribution in [0.4, 0.5) is 4.79 Å². The molecule has 2 rings (SSSR count). The van der Waals surface area contributed by atoms with Gasteiger partial charge < -0.3 is 52.4 Å². The van der Waals surface area contributed by atoms with Gasteiger partial charge in [0, 0.05) is 6.42 Å². The highest BCUT2D eigenvalue weighted by atomic mass is 16.6. The lowest BCUT2D eigenvalue weighted by molar-refractivity contribution is -0.135. The third kappa shape index (κ3) is 13.6. The summed E-state index contributed by atoms with van der Waals surface area (Å²) in [4.78, 5) is 75.1. The maximum atomic E-state index is 13.1. The Hall–Kier alpha value is -5.22. The smallest absolute Gasteiger partial charge is 0.408 e. The van der Waals surface area contributed by atoms with Gasteiger partial charge in [-0.3, -0.25) is 24.0 Å². The molecule has 16 nitrogen and oxygen atoms in total. The molecule has 0 aliphatic heterocycles. The number of nitrogens with two attached hydrogens (primary N) is 2. The van der Waals surface area contributed by atoms with Gasteiger partial charge in [0.2, 0.25) is 29.5 Å². The summed E-state index contributed by atoms with van der Waals surface area (Å²) in [6.07, 6.45) is -3.27. The first-order valence-corrected chi connectivity index (χ1v) is 15.0. The Morgan fingerprint density at radius 2 is 1.33 bits per heavy atom. The molecule has 6 amide bonds. The molecule has 0 saturated heterocycles. The minimum Gasteiger partial charge on any atom is -0.489 e. The fourth-order valence-corrected chi connectivity index (χ4v) is 4.17. The summed E-state index contributed by atoms with van der Waals surface area (Å²) in [6, 6.07) is 10.1. The van der Waals surface area contributed by atoms with Crippen LogP contribution in [0.25, 0.3) is 0 Å². The minimum absolute atomic E-state index is 0.0299. The average Bonchev–Trinajstić information content (AvgIpc) is 3.00. The van der Waals surface area contributed by atoms with Gasteiger partial charge in [-0.25, -0.2) is 4.79 Å². The Bertz CT molecular complexity index is 1410. The summed E-state index contributed by atoms with van der Waals surface area (Å²) in [6.45, 7) is 5.35. The molecule has 2 aromatic carbocycles. The van der Waals surface area contributed by atoms with Gasteiger partial charge in [-0.2, -0.15) is 0 Å². The van der Waals surface area contributed by atoms with E-state index >= 15 is 0 Å². The first-order valence-electron chi connectivity index (χ1n) is 15.0. The molecule has 0 saturated carbocycles. The van der Waals surface area contributed by atoms with Crippen LogP contribution >= 0.6 is 0 Å². The van der Waals surface area contributed by atoms with Crippen molar-refractivity contribution >= 4 is 35.6 Å². The largest absolute Gasteiger partial charge is 0.489 e. The zero-order valence-corrected chi connectivity index (χ0v) is 27.2. The number of benzene rings is 2. The average molecular weight is 673 g/mol. The normalized spacial score (nSPS) is 14.2. The maximum Gasteiger partial charge on any atom is 0.408 e. The molecule has 2 aromatic rings. The number of rotatable bonds is 17. The maximum absolute atomic E-state index is 13.1. The Morgan fingerprint density at radius 3 is 1.85 bits per heavy atom. The molecule has 0 radical (unpaired) electrons. The Balaban J connectivity index is 2.06. The molecule has 0 heterocycles. The number of alkyl carbamates (subject to hydrolysis) is 1. The van der Waals surface area contributed by atoms with Gasteiger partial charge >= 0.3 is 6.09 Å². The fourth-order valence-electron chi connectivity index (χ4n) is 4.17. The van der Waals surface area contributed by atoms with Gasteiger partial charge in [-0.15, -0.1) is 0 Å². The summed E-state index contributed by atoms with van der Waals surface area (Å²) in [7, 11) is 0. The number of ether oxygens (including phenoxy) is 2. The van der Waals surface area contributed by atoms with E-state index in [0.29, 0.717) is 17.9 Å². The number of hydrogen-bond acceptors (Lipinski definition) is 10. The Kier molecular flexibility index (Phi) is 14.8. The van der Waals surface area contributed by atoms with Crippen molar-refractivity contribution in [1.29, 1.82) is 0 Å². The zero-order chi connectivity index (χ0) is 36.0. The number of nitrogens with one attached hydrogen (secondary N) is 4. The first kappa shape index (κ1) is 39.0. The van der Waals surface area contributed by atoms with Gasteiger partial charge in [-0.1, -0.05) is 42.5 Å². The number of aliphatic hydroxyl groups excluding tert-OH is 2. The SMILES string of the molecule is C[C@H](O)[C@H](NC(=O)OC(C)(C)C)C(=O)N[C@H](CC(N)=O)C(=O)N[C@@H](CO)C(=O)N[C@H](Cc1ccc(OCc2ccccc2)cc1)C(N)=O. The summed E-state index contributed by atoms with van der Waals surface area (Å²) < 4.78 is 10.8. The molecule has 0 aromatic heterocycles. The summed E-state index contributed by atoms with van der Waals surface area (Å²) >= 11 is 0. The molecule has 10 N–H and O–H groups in total. The molecule has 0 unspecified atom stereocenters. The van der Waals surface area contributed by atoms with Crippen molar-refractivity contribution in [2.75, 3.05) is 6.61 Å². The molecular weight excluding hydrogens is 628 g/mol. The van der Waals surface area contributed by atoms with Gasteiger partial charge in [0.1, 0.15) is 42.1 Å². The van der Waals surface area contributed by atoms with Crippen LogP contribution in [0.2, 0.25) is 0 Å². The van der Waals surface area contributed by atoms with Crippen molar-refractivity contribution in [3.8, 4) is 5.75 Å². The van der Waals surface area contributed by atoms with Crippen LogP contribution in [0.5, 0.6) is 5.75 Å². The molecule has 16 heteroatoms. The van der Waals surface area contributed by atoms with Crippen LogP contribution in [-0.4, -0.2) is 88.3 Å². The van der Waals surface area contributed by atoms with E-state index in [1.54, 1.807) is 45.0 Å². The van der Waals surface area contributed by atoms with E-state index in [9.17, 15) is 39.0 Å². The predicted octanol–water partition coefficient (Wildman–Crippen LogP) is -1.11. The number of carbonyl (C=O) groups excluding carboxylic acids is 6. The van der Waals surface area contributed by atoms with E-state index in [1.165, 1.54) is 6.92 Å². The predicted molar refractivity (Wildman–Crippen MR) is 172 cm³/mol. The lowest BCUT2D eigenvalue weighted by Gasteiger charge is -2.27. The molecule has 0 aliphatic rings. The van der Waals surface area contributed by atoms with Crippen LogP contribution in [0, 0.1) is 0 Å². The van der Waals surface area contributed by atoms with Crippen molar-refractivity contribution < 1.29 is 48.5 Å². The highest BCUT2D eigenvalue weighted by Crippen LogP contribution is 2.16. The molecule has 5 atom stereocenters. The summed E-state index contributed by atoms with van der Waals surface area (Å²) in [5.41, 5.74) is 11.4. The van der Waals surface area contributed by atoms with Crippen LogP contribution in [0.1, 0.15) is 45.2 Å². The van der Waals surface area contributed by atoms with Gasteiger partial charge in [0.15, 0.2) is 0 Å². The van der Waals surface area contributed by atoms with E-state index in [2.05, 4.69) is 21.3 Å². The molecule has 0 spiro atoms. The second-order valence-corrected chi connectivity index (χ2v) is 11.9. The van der Waals surface area contributed by atoms with Crippen molar-refractivity contribution in [2.24, 2.45) is 11.5 Å². The van der Waals surface area contributed by atoms with E-state index in [4.69, 9.17) is 20.9 Å². The standard InChI is InChI=1S/C32H44N6O10/c1-18(40)26(38-31(46)48-32(2,3)4)30(45)36-23(15-25(33)41)28(43)37-24(16-39)29(44)35-22(27(34)42)14-19-10-12-21(13-11-19)47-17-20-8-6-5-7-9-20/h5-13,18,22-24,26,39-40H,14-17H2,1-4H3,(H2,33,41)(H2,34,42)(H,35,44)(H,36,45)(H,37,43)(H,38,46)/t18-,22+,23+,24-,26-/m0/s1. The van der Waals surface area contributed by atoms with E-state index in [0.717, 1.165) is 5.56 Å². The van der Waals surface area contributed by atoms with E-state index in [-0.39, 0.29) is 6.42 Å². The lowest BCUT2D eigenvalue weighted by atomic mass is 10.0. The molecule has 0 fully saturated rings. The highest BCUT2D eigenvalue weighted by Gasteiger charge is 2.34. The van der Waals surface area contributed by atoms with Crippen molar-refractivity contribution in [2.45, 2.75) is 83.0 Å². The van der Waals surface area contributed by atoms with Gasteiger partial charge in [0.05, 0.1) is 19.1 Å². The highest BCUT2D eigenvalue weighted by molar-refractivity contribution is 5.97. The Morgan fingerprint density at radius 1 is 0.771 bits per heavy atom. The number of amides is 6. The zero-order valence-electron chi connectivity index (χ0n) is 27.2. The topological polar surface area (TPSA) is 262 Å². The van der Waals surface area contributed by atoms with Crippen molar-refractivity contribution in [3.63, 3.8) is 0 Å². The van der Waals surface area contributed by atoms with Crippen LogP contribution in [0.15, 0.2) is 54.6 Å². The van der Waals surface area contributed by atoms with Crippen LogP contribution < -0.4 is 37.5 Å². The van der Waals surface area contributed by atoms with Gasteiger partial charge in [-0.05, 0) is 51.0 Å². The third-order valence-electron chi connectivity index (χ3n) is 6.56. The number of hydrogen-bond donors (Lipinski definition) is 8. The van der Waals surface area contributed by atoms with Gasteiger partial charge in [0.25, 0.3) is 0 Å². The fraction of sp³-hybridized carbons (Fsp3) is 0.438. The van der Waals surface area contributed by atoms with E-state index < -0.39 is 84.5 Å². The Labute approximate surface area is 277 Å². The molecule has 0 aliphatic carbocycles. The number of primary amides is 2. The lowest BCUT2D eigenvalue weighted by Crippen LogP contribution is -2.60. The first-order chi connectivity index (χ1) is 22.5. The molecule has 262 valence electrons. The quantitative estimate of drug-likeness (QED) is 0.100. The van der Waals surface area contributed by atoms with Crippen LogP contribution in [-0.2, 0) is 41.7 Å². The third-order valence-corrected chi connectivity index (χ3v) is 6.56. The summed E-state index contributed by atoms with van der Waals surface area (Å²) in [5.74, 6) is -4.51. The monoisotopic (exact) mass is 672 g/mol. The molecular formula is C32H44N6O10. The van der Waals surface area contributed by atoms with Crippen molar-refractivity contribution in [1.82, 2.24) is 21.3 Å². The second kappa shape index (κ2) is 18.2. The molecule has 48 heavy (non-hydrogen) atoms. The minimum atomic E-state index is -1.69. The van der Waals surface area contributed by atoms with Crippen LogP contribution in [0.3, 0.4) is 0 Å². The van der Waals surface area contributed by atoms with Crippen molar-refractivity contribution in [3.05, 3.63) is 65.7 Å². The second-order valence-electron chi connectivity index (χ2n) is 11.9. The van der Waals surface area contributed by atoms with E-state index in [1.807, 2.05) is 30.3 Å². The summed E-state index contributed by atoms with van der Waals surface area (Å²) in [5, 5.41) is 28.9. The number of carbonyl (C=O) groups is 6. The number of aliphatic hydroxyl groups is 2.